The number of esters is 1. The molecule has 0 aliphatic rings. The zero-order chi connectivity index (χ0) is 17.2. The summed E-state index contributed by atoms with van der Waals surface area (Å²) >= 11 is 0. The topological polar surface area (TPSA) is 29.5 Å². The molecular weight excluding hydrogens is 309 g/mol. The van der Waals surface area contributed by atoms with Gasteiger partial charge in [0, 0.05) is 12.1 Å². The highest BCUT2D eigenvalue weighted by Gasteiger charge is 2.27. The molecule has 0 saturated heterocycles. The van der Waals surface area contributed by atoms with Crippen LogP contribution < -0.4 is 0 Å². The Labute approximate surface area is 124 Å². The molecule has 0 radical (unpaired) electrons. The highest BCUT2D eigenvalue weighted by Crippen LogP contribution is 2.24. The van der Waals surface area contributed by atoms with Crippen molar-refractivity contribution in [2.75, 3.05) is 13.6 Å². The maximum atomic E-state index is 13.5. The highest BCUT2D eigenvalue weighted by molar-refractivity contribution is 5.72. The molecule has 0 N–H and O–H groups in total. The van der Waals surface area contributed by atoms with Crippen molar-refractivity contribution in [1.29, 1.82) is 0 Å². The summed E-state index contributed by atoms with van der Waals surface area (Å²) in [5.41, 5.74) is -1.75. The van der Waals surface area contributed by atoms with Crippen molar-refractivity contribution >= 4 is 5.97 Å². The molecule has 0 aliphatic heterocycles. The van der Waals surface area contributed by atoms with Crippen molar-refractivity contribution in [2.45, 2.75) is 32.9 Å². The fourth-order valence-electron chi connectivity index (χ4n) is 1.71. The standard InChI is InChI=1S/C14H16F5NO2/c1-14(2,3)22-8(21)6-20(4)5-7-9(15)11(17)13(19)12(18)10(7)16/h5-6H2,1-4H3. The maximum absolute atomic E-state index is 13.5. The molecule has 1 aromatic carbocycles. The first kappa shape index (κ1) is 18.3. The summed E-state index contributed by atoms with van der Waals surface area (Å²) in [4.78, 5) is 12.6. The van der Waals surface area contributed by atoms with E-state index >= 15 is 0 Å². The van der Waals surface area contributed by atoms with E-state index in [2.05, 4.69) is 0 Å². The first-order valence-corrected chi connectivity index (χ1v) is 6.34. The van der Waals surface area contributed by atoms with Crippen LogP contribution in [-0.2, 0) is 16.1 Å². The van der Waals surface area contributed by atoms with Crippen molar-refractivity contribution in [2.24, 2.45) is 0 Å². The van der Waals surface area contributed by atoms with Gasteiger partial charge in [0.2, 0.25) is 5.82 Å². The van der Waals surface area contributed by atoms with E-state index in [4.69, 9.17) is 4.74 Å². The van der Waals surface area contributed by atoms with Gasteiger partial charge in [-0.3, -0.25) is 9.69 Å². The summed E-state index contributed by atoms with van der Waals surface area (Å²) in [5.74, 6) is -10.7. The van der Waals surface area contributed by atoms with Crippen LogP contribution in [0.5, 0.6) is 0 Å². The minimum Gasteiger partial charge on any atom is -0.459 e. The Morgan fingerprint density at radius 3 is 1.77 bits per heavy atom. The molecule has 0 heterocycles. The van der Waals surface area contributed by atoms with Crippen LogP contribution in [0.25, 0.3) is 0 Å². The van der Waals surface area contributed by atoms with Crippen LogP contribution in [0, 0.1) is 29.1 Å². The van der Waals surface area contributed by atoms with E-state index in [1.165, 1.54) is 7.05 Å². The van der Waals surface area contributed by atoms with Gasteiger partial charge in [-0.25, -0.2) is 22.0 Å². The van der Waals surface area contributed by atoms with Gasteiger partial charge in [0.1, 0.15) is 5.60 Å². The van der Waals surface area contributed by atoms with Crippen molar-refractivity contribution in [3.05, 3.63) is 34.6 Å². The Balaban J connectivity index is 2.90. The fraction of sp³-hybridized carbons (Fsp3) is 0.500. The van der Waals surface area contributed by atoms with Crippen molar-refractivity contribution in [3.8, 4) is 0 Å². The third-order valence-electron chi connectivity index (χ3n) is 2.55. The second-order valence-corrected chi connectivity index (χ2v) is 5.81. The Morgan fingerprint density at radius 2 is 1.36 bits per heavy atom. The minimum atomic E-state index is -2.21. The molecule has 0 unspecified atom stereocenters. The maximum Gasteiger partial charge on any atom is 0.320 e. The molecule has 0 bridgehead atoms. The predicted molar refractivity (Wildman–Crippen MR) is 68.4 cm³/mol. The molecule has 0 spiro atoms. The largest absolute Gasteiger partial charge is 0.459 e. The number of nitrogens with zero attached hydrogens (tertiary/aromatic N) is 1. The number of likely N-dealkylation sites (N-methyl/N-ethyl adjacent to an activating group) is 1. The summed E-state index contributed by atoms with van der Waals surface area (Å²) in [6.45, 7) is 3.90. The molecule has 0 amide bonds. The number of rotatable bonds is 4. The monoisotopic (exact) mass is 325 g/mol. The second-order valence-electron chi connectivity index (χ2n) is 5.81. The molecule has 1 rings (SSSR count). The molecule has 1 aromatic rings. The molecular formula is C14H16F5NO2. The Bertz CT molecular complexity index is 555. The van der Waals surface area contributed by atoms with Crippen molar-refractivity contribution in [1.82, 2.24) is 4.90 Å². The smallest absolute Gasteiger partial charge is 0.320 e. The Morgan fingerprint density at radius 1 is 0.955 bits per heavy atom. The predicted octanol–water partition coefficient (Wildman–Crippen LogP) is 3.16. The molecule has 124 valence electrons. The Kier molecular flexibility index (Phi) is 5.50. The van der Waals surface area contributed by atoms with Crippen LogP contribution in [0.3, 0.4) is 0 Å². The average Bonchev–Trinajstić information content (AvgIpc) is 2.37. The van der Waals surface area contributed by atoms with Gasteiger partial charge < -0.3 is 4.74 Å². The van der Waals surface area contributed by atoms with Crippen molar-refractivity contribution < 1.29 is 31.5 Å². The van der Waals surface area contributed by atoms with Crippen LogP contribution in [0.15, 0.2) is 0 Å². The van der Waals surface area contributed by atoms with E-state index < -0.39 is 52.8 Å². The lowest BCUT2D eigenvalue weighted by Gasteiger charge is -2.22. The number of hydrogen-bond donors (Lipinski definition) is 0. The van der Waals surface area contributed by atoms with Gasteiger partial charge in [-0.1, -0.05) is 0 Å². The van der Waals surface area contributed by atoms with Gasteiger partial charge in [0.25, 0.3) is 0 Å². The molecule has 22 heavy (non-hydrogen) atoms. The summed E-state index contributed by atoms with van der Waals surface area (Å²) in [7, 11) is 1.29. The van der Waals surface area contributed by atoms with Crippen LogP contribution in [0.1, 0.15) is 26.3 Å². The van der Waals surface area contributed by atoms with Gasteiger partial charge in [0.05, 0.1) is 6.54 Å². The Hall–Kier alpha value is -1.70. The van der Waals surface area contributed by atoms with E-state index in [1.807, 2.05) is 0 Å². The third-order valence-corrected chi connectivity index (χ3v) is 2.55. The van der Waals surface area contributed by atoms with E-state index in [0.29, 0.717) is 0 Å². The first-order chi connectivity index (χ1) is 9.94. The molecule has 3 nitrogen and oxygen atoms in total. The molecule has 8 heteroatoms. The lowest BCUT2D eigenvalue weighted by atomic mass is 10.1. The SMILES string of the molecule is CN(CC(=O)OC(C)(C)C)Cc1c(F)c(F)c(F)c(F)c1F. The number of carbonyl (C=O) groups is 1. The van der Waals surface area contributed by atoms with E-state index in [0.717, 1.165) is 4.90 Å². The summed E-state index contributed by atoms with van der Waals surface area (Å²) in [5, 5.41) is 0. The number of halogens is 5. The summed E-state index contributed by atoms with van der Waals surface area (Å²) < 4.78 is 71.1. The third kappa shape index (κ3) is 4.40. The lowest BCUT2D eigenvalue weighted by Crippen LogP contribution is -2.33. The van der Waals surface area contributed by atoms with E-state index in [-0.39, 0.29) is 6.54 Å². The summed E-state index contributed by atoms with van der Waals surface area (Å²) in [6, 6.07) is 0. The van der Waals surface area contributed by atoms with Gasteiger partial charge in [-0.15, -0.1) is 0 Å². The normalized spacial score (nSPS) is 11.9. The van der Waals surface area contributed by atoms with Crippen LogP contribution in [-0.4, -0.2) is 30.1 Å². The first-order valence-electron chi connectivity index (χ1n) is 6.34. The van der Waals surface area contributed by atoms with E-state index in [9.17, 15) is 26.7 Å². The number of hydrogen-bond acceptors (Lipinski definition) is 3. The zero-order valence-corrected chi connectivity index (χ0v) is 12.6. The van der Waals surface area contributed by atoms with Crippen molar-refractivity contribution in [3.63, 3.8) is 0 Å². The minimum absolute atomic E-state index is 0.364. The van der Waals surface area contributed by atoms with Gasteiger partial charge >= 0.3 is 5.97 Å². The van der Waals surface area contributed by atoms with Gasteiger partial charge in [-0.2, -0.15) is 0 Å². The van der Waals surface area contributed by atoms with Crippen LogP contribution >= 0.6 is 0 Å². The zero-order valence-electron chi connectivity index (χ0n) is 12.6. The molecule has 0 saturated carbocycles. The quantitative estimate of drug-likeness (QED) is 0.369. The van der Waals surface area contributed by atoms with Gasteiger partial charge in [0.15, 0.2) is 23.3 Å². The molecule has 0 aromatic heterocycles. The van der Waals surface area contributed by atoms with Crippen LogP contribution in [0.2, 0.25) is 0 Å². The second kappa shape index (κ2) is 6.60. The fourth-order valence-corrected chi connectivity index (χ4v) is 1.71. The average molecular weight is 325 g/mol. The molecule has 0 atom stereocenters. The summed E-state index contributed by atoms with van der Waals surface area (Å²) in [6.07, 6.45) is 0. The molecule has 0 aliphatic carbocycles. The van der Waals surface area contributed by atoms with Gasteiger partial charge in [-0.05, 0) is 27.8 Å². The lowest BCUT2D eigenvalue weighted by molar-refractivity contribution is -0.155. The number of benzene rings is 1. The van der Waals surface area contributed by atoms with Crippen LogP contribution in [0.4, 0.5) is 22.0 Å². The highest BCUT2D eigenvalue weighted by atomic mass is 19.2. The molecule has 0 fully saturated rings. The number of carbonyl (C=O) groups excluding carboxylic acids is 1. The number of ether oxygens (including phenoxy) is 1. The van der Waals surface area contributed by atoms with E-state index in [1.54, 1.807) is 20.8 Å².